The van der Waals surface area contributed by atoms with E-state index in [1.165, 1.54) is 23.1 Å². The van der Waals surface area contributed by atoms with Crippen LogP contribution < -0.4 is 5.56 Å². The second-order valence-corrected chi connectivity index (χ2v) is 8.08. The molecule has 3 aromatic heterocycles. The van der Waals surface area contributed by atoms with Crippen molar-refractivity contribution in [2.45, 2.75) is 17.5 Å². The summed E-state index contributed by atoms with van der Waals surface area (Å²) in [5, 5.41) is 7.12. The van der Waals surface area contributed by atoms with Gasteiger partial charge in [0, 0.05) is 17.7 Å². The number of hydrogen-bond donors (Lipinski definition) is 0. The molecule has 10 heteroatoms. The molecule has 0 N–H and O–H groups in total. The highest BCUT2D eigenvalue weighted by Crippen LogP contribution is 2.25. The zero-order valence-electron chi connectivity index (χ0n) is 14.8. The van der Waals surface area contributed by atoms with Gasteiger partial charge in [-0.2, -0.15) is 4.98 Å². The number of halogens is 1. The number of hydrogen-bond acceptors (Lipinski definition) is 8. The lowest BCUT2D eigenvalue weighted by Crippen LogP contribution is -2.24. The number of methoxy groups -OCH3 is 1. The minimum Gasteiger partial charge on any atom is -0.383 e. The van der Waals surface area contributed by atoms with Gasteiger partial charge in [-0.15, -0.1) is 11.3 Å². The van der Waals surface area contributed by atoms with Gasteiger partial charge < -0.3 is 9.26 Å². The van der Waals surface area contributed by atoms with Crippen LogP contribution in [-0.4, -0.2) is 33.4 Å². The minimum absolute atomic E-state index is 0.0630. The summed E-state index contributed by atoms with van der Waals surface area (Å²) >= 11 is 8.68. The van der Waals surface area contributed by atoms with Gasteiger partial charge in [-0.05, 0) is 35.7 Å². The molecular formula is C18H15ClN4O3S2. The molecule has 0 saturated carbocycles. The van der Waals surface area contributed by atoms with E-state index in [1.807, 2.05) is 23.6 Å². The van der Waals surface area contributed by atoms with Gasteiger partial charge in [0.15, 0.2) is 5.16 Å². The van der Waals surface area contributed by atoms with E-state index in [0.29, 0.717) is 51.0 Å². The minimum atomic E-state index is -0.0630. The molecule has 144 valence electrons. The van der Waals surface area contributed by atoms with Gasteiger partial charge >= 0.3 is 0 Å². The second-order valence-electron chi connectivity index (χ2n) is 5.79. The van der Waals surface area contributed by atoms with Crippen molar-refractivity contribution in [2.24, 2.45) is 0 Å². The van der Waals surface area contributed by atoms with Crippen molar-refractivity contribution in [3.63, 3.8) is 0 Å². The zero-order chi connectivity index (χ0) is 19.5. The van der Waals surface area contributed by atoms with Gasteiger partial charge in [-0.1, -0.05) is 28.5 Å². The lowest BCUT2D eigenvalue weighted by molar-refractivity contribution is 0.183. The first-order valence-corrected chi connectivity index (χ1v) is 10.6. The molecule has 1 aromatic carbocycles. The Hall–Kier alpha value is -2.20. The number of rotatable bonds is 7. The SMILES string of the molecule is COCCn1c(SCc2nc(-c3ccc(Cl)cc3)no2)nc2ccsc2c1=O. The maximum Gasteiger partial charge on any atom is 0.272 e. The van der Waals surface area contributed by atoms with Crippen LogP contribution in [-0.2, 0) is 17.0 Å². The third kappa shape index (κ3) is 3.97. The third-order valence-electron chi connectivity index (χ3n) is 3.95. The van der Waals surface area contributed by atoms with Crippen LogP contribution in [0.2, 0.25) is 5.02 Å². The highest BCUT2D eigenvalue weighted by molar-refractivity contribution is 7.98. The Bertz CT molecular complexity index is 1150. The Labute approximate surface area is 173 Å². The standard InChI is InChI=1S/C18H15ClN4O3S2/c1-25-8-7-23-17(24)15-13(6-9-27-15)20-18(23)28-10-14-21-16(22-26-14)11-2-4-12(19)5-3-11/h2-6,9H,7-8,10H2,1H3. The molecule has 0 aliphatic rings. The van der Waals surface area contributed by atoms with Gasteiger partial charge in [0.1, 0.15) is 4.70 Å². The first kappa shape index (κ1) is 19.1. The number of nitrogens with zero attached hydrogens (tertiary/aromatic N) is 4. The van der Waals surface area contributed by atoms with Crippen LogP contribution >= 0.6 is 34.7 Å². The fraction of sp³-hybridized carbons (Fsp3) is 0.222. The fourth-order valence-electron chi connectivity index (χ4n) is 2.57. The smallest absolute Gasteiger partial charge is 0.272 e. The normalized spacial score (nSPS) is 11.4. The number of aromatic nitrogens is 4. The largest absolute Gasteiger partial charge is 0.383 e. The highest BCUT2D eigenvalue weighted by Gasteiger charge is 2.15. The van der Waals surface area contributed by atoms with Crippen LogP contribution in [0.15, 0.2) is 50.2 Å². The predicted octanol–water partition coefficient (Wildman–Crippen LogP) is 4.10. The molecule has 0 aliphatic heterocycles. The third-order valence-corrected chi connectivity index (χ3v) is 6.05. The van der Waals surface area contributed by atoms with Crippen molar-refractivity contribution in [2.75, 3.05) is 13.7 Å². The quantitative estimate of drug-likeness (QED) is 0.320. The van der Waals surface area contributed by atoms with Crippen LogP contribution in [0.25, 0.3) is 21.6 Å². The molecule has 0 amide bonds. The summed E-state index contributed by atoms with van der Waals surface area (Å²) in [5.74, 6) is 1.34. The molecule has 0 spiro atoms. The Morgan fingerprint density at radius 1 is 1.25 bits per heavy atom. The Morgan fingerprint density at radius 3 is 2.86 bits per heavy atom. The van der Waals surface area contributed by atoms with Gasteiger partial charge in [0.05, 0.1) is 24.4 Å². The van der Waals surface area contributed by atoms with Crippen molar-refractivity contribution in [1.82, 2.24) is 19.7 Å². The van der Waals surface area contributed by atoms with E-state index >= 15 is 0 Å². The van der Waals surface area contributed by atoms with E-state index in [0.717, 1.165) is 5.56 Å². The van der Waals surface area contributed by atoms with Gasteiger partial charge in [0.25, 0.3) is 5.56 Å². The maximum atomic E-state index is 12.7. The molecule has 7 nitrogen and oxygen atoms in total. The molecule has 28 heavy (non-hydrogen) atoms. The number of benzene rings is 1. The van der Waals surface area contributed by atoms with Gasteiger partial charge in [0.2, 0.25) is 11.7 Å². The molecule has 4 aromatic rings. The summed E-state index contributed by atoms with van der Waals surface area (Å²) in [7, 11) is 1.60. The lowest BCUT2D eigenvalue weighted by atomic mass is 10.2. The van der Waals surface area contributed by atoms with Gasteiger partial charge in [-0.25, -0.2) is 4.98 Å². The number of ether oxygens (including phenoxy) is 1. The maximum absolute atomic E-state index is 12.7. The average Bonchev–Trinajstić information content (AvgIpc) is 3.36. The van der Waals surface area contributed by atoms with E-state index in [9.17, 15) is 4.79 Å². The summed E-state index contributed by atoms with van der Waals surface area (Å²) < 4.78 is 12.7. The van der Waals surface area contributed by atoms with Crippen molar-refractivity contribution in [3.8, 4) is 11.4 Å². The first-order valence-electron chi connectivity index (χ1n) is 8.34. The zero-order valence-corrected chi connectivity index (χ0v) is 17.2. The Morgan fingerprint density at radius 2 is 2.07 bits per heavy atom. The summed E-state index contributed by atoms with van der Waals surface area (Å²) in [6.07, 6.45) is 0. The summed E-state index contributed by atoms with van der Waals surface area (Å²) in [5.41, 5.74) is 1.45. The Kier molecular flexibility index (Phi) is 5.77. The van der Waals surface area contributed by atoms with Crippen LogP contribution in [0.3, 0.4) is 0 Å². The van der Waals surface area contributed by atoms with E-state index in [4.69, 9.17) is 20.9 Å². The van der Waals surface area contributed by atoms with Crippen molar-refractivity contribution < 1.29 is 9.26 Å². The van der Waals surface area contributed by atoms with E-state index in [2.05, 4.69) is 15.1 Å². The summed E-state index contributed by atoms with van der Waals surface area (Å²) in [4.78, 5) is 21.8. The number of thioether (sulfide) groups is 1. The molecule has 0 bridgehead atoms. The van der Waals surface area contributed by atoms with Crippen LogP contribution in [0.4, 0.5) is 0 Å². The van der Waals surface area contributed by atoms with Crippen LogP contribution in [0.5, 0.6) is 0 Å². The lowest BCUT2D eigenvalue weighted by Gasteiger charge is -2.10. The number of thiophene rings is 1. The van der Waals surface area contributed by atoms with Crippen LogP contribution in [0, 0.1) is 0 Å². The van der Waals surface area contributed by atoms with E-state index < -0.39 is 0 Å². The summed E-state index contributed by atoms with van der Waals surface area (Å²) in [6, 6.07) is 9.06. The topological polar surface area (TPSA) is 83.0 Å². The average molecular weight is 435 g/mol. The molecule has 0 unspecified atom stereocenters. The molecule has 0 aliphatic carbocycles. The molecule has 0 fully saturated rings. The molecule has 3 heterocycles. The molecule has 0 radical (unpaired) electrons. The Balaban J connectivity index is 1.57. The molecule has 0 saturated heterocycles. The van der Waals surface area contributed by atoms with Crippen LogP contribution in [0.1, 0.15) is 5.89 Å². The van der Waals surface area contributed by atoms with E-state index in [-0.39, 0.29) is 5.56 Å². The molecule has 0 atom stereocenters. The molecule has 4 rings (SSSR count). The molecular weight excluding hydrogens is 420 g/mol. The van der Waals surface area contributed by atoms with Gasteiger partial charge in [-0.3, -0.25) is 9.36 Å². The highest BCUT2D eigenvalue weighted by atomic mass is 35.5. The first-order chi connectivity index (χ1) is 13.7. The summed E-state index contributed by atoms with van der Waals surface area (Å²) in [6.45, 7) is 0.853. The van der Waals surface area contributed by atoms with E-state index in [1.54, 1.807) is 23.8 Å². The van der Waals surface area contributed by atoms with Crippen molar-refractivity contribution in [3.05, 3.63) is 57.0 Å². The second kappa shape index (κ2) is 8.44. The fourth-order valence-corrected chi connectivity index (χ4v) is 4.34. The number of fused-ring (bicyclic) bond motifs is 1. The monoisotopic (exact) mass is 434 g/mol. The predicted molar refractivity (Wildman–Crippen MR) is 110 cm³/mol. The van der Waals surface area contributed by atoms with Crippen molar-refractivity contribution in [1.29, 1.82) is 0 Å². The van der Waals surface area contributed by atoms with Crippen molar-refractivity contribution >= 4 is 44.9 Å².